The van der Waals surface area contributed by atoms with Crippen LogP contribution < -0.4 is 0 Å². The maximum Gasteiger partial charge on any atom is 0.320 e. The molecule has 0 saturated carbocycles. The molecule has 0 aliphatic heterocycles. The second-order valence-electron chi connectivity index (χ2n) is 6.98. The number of thioether (sulfide) groups is 1. The number of aliphatic carboxylic acids is 3. The van der Waals surface area contributed by atoms with Gasteiger partial charge in [-0.05, 0) is 31.4 Å². The van der Waals surface area contributed by atoms with Crippen LogP contribution in [0.15, 0.2) is 0 Å². The van der Waals surface area contributed by atoms with Crippen LogP contribution in [-0.4, -0.2) is 118 Å². The predicted molar refractivity (Wildman–Crippen MR) is 113 cm³/mol. The van der Waals surface area contributed by atoms with Gasteiger partial charge in [0.15, 0.2) is 0 Å². The molecule has 0 heterocycles. The molecule has 0 aliphatic rings. The highest BCUT2D eigenvalue weighted by molar-refractivity contribution is 7.99. The van der Waals surface area contributed by atoms with Gasteiger partial charge in [0.1, 0.15) is 6.04 Å². The minimum atomic E-state index is -1.31. The van der Waals surface area contributed by atoms with E-state index in [0.29, 0.717) is 37.7 Å². The van der Waals surface area contributed by atoms with E-state index in [9.17, 15) is 29.7 Å². The zero-order valence-electron chi connectivity index (χ0n) is 17.9. The first-order chi connectivity index (χ1) is 14.7. The van der Waals surface area contributed by atoms with Crippen LogP contribution in [0.4, 0.5) is 0 Å². The Morgan fingerprint density at radius 2 is 1.42 bits per heavy atom. The molecule has 31 heavy (non-hydrogen) atoms. The molecule has 182 valence electrons. The summed E-state index contributed by atoms with van der Waals surface area (Å²) in [5.74, 6) is -3.29. The third-order valence-electron chi connectivity index (χ3n) is 4.17. The van der Waals surface area contributed by atoms with Crippen LogP contribution in [0.25, 0.3) is 0 Å². The van der Waals surface area contributed by atoms with Crippen LogP contribution >= 0.6 is 11.8 Å². The van der Waals surface area contributed by atoms with Crippen LogP contribution in [0.1, 0.15) is 32.6 Å². The number of carbonyl (C=O) groups is 3. The van der Waals surface area contributed by atoms with E-state index in [4.69, 9.17) is 19.7 Å². The number of carboxylic acid groups (broad SMARTS) is 3. The first-order valence-electron chi connectivity index (χ1n) is 10.2. The normalized spacial score (nSPS) is 14.3. The highest BCUT2D eigenvalue weighted by atomic mass is 32.2. The van der Waals surface area contributed by atoms with E-state index < -0.39 is 49.2 Å². The molecule has 0 rings (SSSR count). The average molecular weight is 470 g/mol. The summed E-state index contributed by atoms with van der Waals surface area (Å²) in [6.07, 6.45) is 1.05. The van der Waals surface area contributed by atoms with Gasteiger partial charge in [0.25, 0.3) is 0 Å². The number of unbranched alkanes of at least 4 members (excludes halogenated alkanes) is 1. The van der Waals surface area contributed by atoms with Crippen LogP contribution in [0, 0.1) is 0 Å². The lowest BCUT2D eigenvalue weighted by Gasteiger charge is -2.25. The summed E-state index contributed by atoms with van der Waals surface area (Å²) in [4.78, 5) is 34.1. The highest BCUT2D eigenvalue weighted by Crippen LogP contribution is 2.12. The molecule has 5 N–H and O–H groups in total. The van der Waals surface area contributed by atoms with Gasteiger partial charge >= 0.3 is 17.9 Å². The number of aliphatic hydroxyl groups excluding tert-OH is 2. The maximum absolute atomic E-state index is 11.4. The number of aliphatic hydroxyl groups is 2. The van der Waals surface area contributed by atoms with Crippen molar-refractivity contribution in [1.29, 1.82) is 0 Å². The van der Waals surface area contributed by atoms with Gasteiger partial charge in [-0.3, -0.25) is 19.3 Å². The molecule has 0 aromatic heterocycles. The molecule has 0 radical (unpaired) electrons. The standard InChI is InChI=1S/C19H35NO10S/c1-2-14(21)11-29-6-3-4-7-30-12-15(22)13-31-8-5-16(19(27)28)20(9-17(23)24)10-18(25)26/h14-16,21-22H,2-13H2,1H3,(H,23,24)(H,25,26)(H,27,28). The number of hydrogen-bond donors (Lipinski definition) is 5. The lowest BCUT2D eigenvalue weighted by molar-refractivity contribution is -0.149. The molecule has 0 saturated heterocycles. The van der Waals surface area contributed by atoms with Crippen molar-refractivity contribution in [3.63, 3.8) is 0 Å². The minimum absolute atomic E-state index is 0.0425. The maximum atomic E-state index is 11.4. The zero-order valence-corrected chi connectivity index (χ0v) is 18.7. The molecular formula is C19H35NO10S. The molecule has 0 spiro atoms. The summed E-state index contributed by atoms with van der Waals surface area (Å²) in [5, 5.41) is 46.3. The number of rotatable bonds is 21. The van der Waals surface area contributed by atoms with Crippen molar-refractivity contribution in [3.05, 3.63) is 0 Å². The molecule has 0 aromatic rings. The Hall–Kier alpha value is -1.44. The Balaban J connectivity index is 3.99. The third-order valence-corrected chi connectivity index (χ3v) is 5.31. The quantitative estimate of drug-likeness (QED) is 0.142. The Kier molecular flexibility index (Phi) is 17.3. The lowest BCUT2D eigenvalue weighted by atomic mass is 10.2. The molecule has 11 nitrogen and oxygen atoms in total. The molecular weight excluding hydrogens is 434 g/mol. The highest BCUT2D eigenvalue weighted by Gasteiger charge is 2.28. The van der Waals surface area contributed by atoms with Crippen LogP contribution in [0.2, 0.25) is 0 Å². The van der Waals surface area contributed by atoms with E-state index in [1.807, 2.05) is 6.92 Å². The summed E-state index contributed by atoms with van der Waals surface area (Å²) >= 11 is 1.28. The van der Waals surface area contributed by atoms with Crippen molar-refractivity contribution >= 4 is 29.7 Å². The van der Waals surface area contributed by atoms with E-state index in [-0.39, 0.29) is 13.0 Å². The van der Waals surface area contributed by atoms with Crippen molar-refractivity contribution in [2.45, 2.75) is 50.9 Å². The predicted octanol–water partition coefficient (Wildman–Crippen LogP) is -0.0207. The van der Waals surface area contributed by atoms with E-state index in [1.54, 1.807) is 0 Å². The third kappa shape index (κ3) is 16.9. The second-order valence-corrected chi connectivity index (χ2v) is 8.13. The Morgan fingerprint density at radius 3 is 1.87 bits per heavy atom. The number of hydrogen-bond acceptors (Lipinski definition) is 9. The van der Waals surface area contributed by atoms with Gasteiger partial charge in [-0.2, -0.15) is 11.8 Å². The largest absolute Gasteiger partial charge is 0.480 e. The summed E-state index contributed by atoms with van der Waals surface area (Å²) in [6.45, 7) is 1.95. The first kappa shape index (κ1) is 29.6. The van der Waals surface area contributed by atoms with Crippen molar-refractivity contribution in [3.8, 4) is 0 Å². The Morgan fingerprint density at radius 1 is 0.903 bits per heavy atom. The molecule has 0 aromatic carbocycles. The van der Waals surface area contributed by atoms with Gasteiger partial charge in [-0.25, -0.2) is 0 Å². The topological polar surface area (TPSA) is 174 Å². The molecule has 3 unspecified atom stereocenters. The second kappa shape index (κ2) is 18.2. The fraction of sp³-hybridized carbons (Fsp3) is 0.842. The molecule has 0 fully saturated rings. The van der Waals surface area contributed by atoms with Gasteiger partial charge in [-0.1, -0.05) is 6.92 Å². The van der Waals surface area contributed by atoms with Crippen LogP contribution in [0.5, 0.6) is 0 Å². The lowest BCUT2D eigenvalue weighted by Crippen LogP contribution is -2.46. The van der Waals surface area contributed by atoms with E-state index >= 15 is 0 Å². The van der Waals surface area contributed by atoms with Crippen LogP contribution in [-0.2, 0) is 23.9 Å². The first-order valence-corrected chi connectivity index (χ1v) is 11.3. The minimum Gasteiger partial charge on any atom is -0.480 e. The Labute approximate surface area is 186 Å². The van der Waals surface area contributed by atoms with Gasteiger partial charge in [0.2, 0.25) is 0 Å². The number of carboxylic acids is 3. The summed E-state index contributed by atoms with van der Waals surface area (Å²) in [6, 6.07) is -1.24. The molecule has 3 atom stereocenters. The smallest absolute Gasteiger partial charge is 0.320 e. The van der Waals surface area contributed by atoms with Gasteiger partial charge in [0.05, 0.1) is 38.5 Å². The number of ether oxygens (including phenoxy) is 2. The molecule has 0 amide bonds. The Bertz CT molecular complexity index is 506. The van der Waals surface area contributed by atoms with E-state index in [0.717, 1.165) is 17.7 Å². The van der Waals surface area contributed by atoms with Crippen molar-refractivity contribution in [2.75, 3.05) is 51.0 Å². The van der Waals surface area contributed by atoms with Gasteiger partial charge in [0, 0.05) is 19.0 Å². The zero-order chi connectivity index (χ0) is 23.6. The van der Waals surface area contributed by atoms with Crippen molar-refractivity contribution in [1.82, 2.24) is 4.90 Å². The monoisotopic (exact) mass is 469 g/mol. The van der Waals surface area contributed by atoms with Crippen LogP contribution in [0.3, 0.4) is 0 Å². The van der Waals surface area contributed by atoms with E-state index in [2.05, 4.69) is 0 Å². The fourth-order valence-corrected chi connectivity index (χ4v) is 3.44. The van der Waals surface area contributed by atoms with E-state index in [1.165, 1.54) is 11.8 Å². The number of nitrogens with zero attached hydrogens (tertiary/aromatic N) is 1. The van der Waals surface area contributed by atoms with Gasteiger partial charge in [-0.15, -0.1) is 0 Å². The SMILES string of the molecule is CCC(O)COCCCCOCC(O)CSCCC(C(=O)O)N(CC(=O)O)CC(=O)O. The summed E-state index contributed by atoms with van der Waals surface area (Å²) < 4.78 is 10.7. The van der Waals surface area contributed by atoms with Crippen molar-refractivity contribution < 1.29 is 49.4 Å². The summed E-state index contributed by atoms with van der Waals surface area (Å²) in [5.41, 5.74) is 0. The summed E-state index contributed by atoms with van der Waals surface area (Å²) in [7, 11) is 0. The fourth-order valence-electron chi connectivity index (χ4n) is 2.51. The molecule has 0 aliphatic carbocycles. The van der Waals surface area contributed by atoms with Crippen molar-refractivity contribution in [2.24, 2.45) is 0 Å². The molecule has 0 bridgehead atoms. The molecule has 12 heteroatoms. The average Bonchev–Trinajstić information content (AvgIpc) is 2.68. The van der Waals surface area contributed by atoms with Gasteiger partial charge < -0.3 is 35.0 Å².